The fraction of sp³-hybridized carbons (Fsp3) is 0.188. The zero-order valence-electron chi connectivity index (χ0n) is 12.0. The lowest BCUT2D eigenvalue weighted by molar-refractivity contribution is -0.137. The number of thioether (sulfide) groups is 1. The number of alkyl halides is 3. The molecule has 2 aromatic carbocycles. The molecule has 1 aliphatic heterocycles. The number of amides is 1. The molecule has 1 saturated heterocycles. The average molecular weight is 376 g/mol. The molecule has 0 aliphatic carbocycles. The molecule has 0 radical (unpaired) electrons. The first-order valence-corrected chi connectivity index (χ1v) is 8.26. The fourth-order valence-corrected chi connectivity index (χ4v) is 3.79. The third-order valence-corrected chi connectivity index (χ3v) is 5.05. The Labute approximate surface area is 144 Å². The maximum absolute atomic E-state index is 13.3. The number of benzene rings is 2. The van der Waals surface area contributed by atoms with Crippen LogP contribution in [0.2, 0.25) is 5.02 Å². The number of carbonyl (C=O) groups is 1. The molecule has 8 heteroatoms. The van der Waals surface area contributed by atoms with Gasteiger partial charge in [-0.1, -0.05) is 23.7 Å². The molecule has 1 amide bonds. The molecule has 1 fully saturated rings. The molecule has 3 rings (SSSR count). The number of halogens is 5. The van der Waals surface area contributed by atoms with E-state index in [0.717, 1.165) is 18.2 Å². The van der Waals surface area contributed by atoms with Gasteiger partial charge in [0.05, 0.1) is 16.3 Å². The molecule has 126 valence electrons. The largest absolute Gasteiger partial charge is 0.416 e. The number of rotatable bonds is 2. The number of nitrogens with zero attached hydrogens (tertiary/aromatic N) is 1. The summed E-state index contributed by atoms with van der Waals surface area (Å²) in [6.07, 6.45) is -4.46. The normalized spacial score (nSPS) is 18.3. The highest BCUT2D eigenvalue weighted by Gasteiger charge is 2.36. The second-order valence-electron chi connectivity index (χ2n) is 5.15. The quantitative estimate of drug-likeness (QED) is 0.666. The molecular formula is C16H10ClF4NOS. The van der Waals surface area contributed by atoms with E-state index in [1.807, 2.05) is 0 Å². The van der Waals surface area contributed by atoms with Crippen molar-refractivity contribution in [3.63, 3.8) is 0 Å². The Morgan fingerprint density at radius 3 is 2.58 bits per heavy atom. The van der Waals surface area contributed by atoms with Crippen molar-refractivity contribution in [3.05, 3.63) is 64.4 Å². The van der Waals surface area contributed by atoms with Crippen molar-refractivity contribution in [2.75, 3.05) is 10.7 Å². The minimum absolute atomic E-state index is 0.121. The van der Waals surface area contributed by atoms with Gasteiger partial charge in [0.2, 0.25) is 5.91 Å². The monoisotopic (exact) mass is 375 g/mol. The Morgan fingerprint density at radius 1 is 1.17 bits per heavy atom. The topological polar surface area (TPSA) is 20.3 Å². The Hall–Kier alpha value is -1.73. The first kappa shape index (κ1) is 17.1. The maximum Gasteiger partial charge on any atom is 0.416 e. The lowest BCUT2D eigenvalue weighted by atomic mass is 10.1. The number of carbonyl (C=O) groups excluding carboxylic acids is 1. The average Bonchev–Trinajstić information content (AvgIpc) is 2.91. The van der Waals surface area contributed by atoms with Gasteiger partial charge in [-0.25, -0.2) is 4.39 Å². The first-order valence-electron chi connectivity index (χ1n) is 6.83. The smallest absolute Gasteiger partial charge is 0.295 e. The van der Waals surface area contributed by atoms with Crippen LogP contribution in [0.15, 0.2) is 42.5 Å². The van der Waals surface area contributed by atoms with Crippen LogP contribution in [-0.2, 0) is 11.0 Å². The van der Waals surface area contributed by atoms with Gasteiger partial charge in [0.15, 0.2) is 0 Å². The molecule has 2 nitrogen and oxygen atoms in total. The molecule has 0 N–H and O–H groups in total. The SMILES string of the molecule is O=C1CS[C@@H](c2cccc(C(F)(F)F)c2)N1c1ccc(F)c(Cl)c1. The number of hydrogen-bond acceptors (Lipinski definition) is 2. The highest BCUT2D eigenvalue weighted by molar-refractivity contribution is 8.00. The molecule has 0 aromatic heterocycles. The van der Waals surface area contributed by atoms with E-state index >= 15 is 0 Å². The first-order chi connectivity index (χ1) is 11.3. The van der Waals surface area contributed by atoms with Crippen LogP contribution in [0.1, 0.15) is 16.5 Å². The standard InChI is InChI=1S/C16H10ClF4NOS/c17-12-7-11(4-5-13(12)18)22-14(23)8-24-15(22)9-2-1-3-10(6-9)16(19,20)21/h1-7,15H,8H2/t15-/m0/s1. The van der Waals surface area contributed by atoms with Gasteiger partial charge in [0.1, 0.15) is 11.2 Å². The highest BCUT2D eigenvalue weighted by atomic mass is 35.5. The summed E-state index contributed by atoms with van der Waals surface area (Å²) in [5, 5.41) is -0.777. The van der Waals surface area contributed by atoms with Crippen molar-refractivity contribution in [2.45, 2.75) is 11.6 Å². The third kappa shape index (κ3) is 3.23. The van der Waals surface area contributed by atoms with E-state index in [1.54, 1.807) is 0 Å². The lowest BCUT2D eigenvalue weighted by Crippen LogP contribution is -2.28. The van der Waals surface area contributed by atoms with Crippen LogP contribution in [0.25, 0.3) is 0 Å². The van der Waals surface area contributed by atoms with Crippen molar-refractivity contribution in [1.82, 2.24) is 0 Å². The van der Waals surface area contributed by atoms with Gasteiger partial charge in [-0.15, -0.1) is 11.8 Å². The van der Waals surface area contributed by atoms with Gasteiger partial charge >= 0.3 is 6.18 Å². The van der Waals surface area contributed by atoms with Gasteiger partial charge in [-0.05, 0) is 35.9 Å². The van der Waals surface area contributed by atoms with Crippen LogP contribution in [0.4, 0.5) is 23.2 Å². The second-order valence-corrected chi connectivity index (χ2v) is 6.62. The fourth-order valence-electron chi connectivity index (χ4n) is 2.45. The summed E-state index contributed by atoms with van der Waals surface area (Å²) >= 11 is 6.96. The van der Waals surface area contributed by atoms with Gasteiger partial charge in [-0.2, -0.15) is 13.2 Å². The highest BCUT2D eigenvalue weighted by Crippen LogP contribution is 2.43. The Kier molecular flexibility index (Phi) is 4.48. The van der Waals surface area contributed by atoms with Crippen molar-refractivity contribution in [2.24, 2.45) is 0 Å². The van der Waals surface area contributed by atoms with Crippen molar-refractivity contribution in [3.8, 4) is 0 Å². The summed E-state index contributed by atoms with van der Waals surface area (Å²) in [5.74, 6) is -0.781. The van der Waals surface area contributed by atoms with Gasteiger partial charge in [0.25, 0.3) is 0 Å². The van der Waals surface area contributed by atoms with Crippen LogP contribution in [0.5, 0.6) is 0 Å². The van der Waals surface area contributed by atoms with E-state index < -0.39 is 22.9 Å². The Balaban J connectivity index is 2.01. The molecule has 0 unspecified atom stereocenters. The summed E-state index contributed by atoms with van der Waals surface area (Å²) in [6, 6.07) is 8.63. The summed E-state index contributed by atoms with van der Waals surface area (Å²) in [4.78, 5) is 13.5. The van der Waals surface area contributed by atoms with Gasteiger partial charge < -0.3 is 0 Å². The molecule has 1 aliphatic rings. The molecule has 0 spiro atoms. The maximum atomic E-state index is 13.3. The minimum atomic E-state index is -4.46. The van der Waals surface area contributed by atoms with Crippen molar-refractivity contribution >= 4 is 35.0 Å². The molecule has 1 heterocycles. The Bertz CT molecular complexity index is 796. The van der Waals surface area contributed by atoms with Crippen molar-refractivity contribution in [1.29, 1.82) is 0 Å². The molecule has 24 heavy (non-hydrogen) atoms. The number of anilines is 1. The Morgan fingerprint density at radius 2 is 1.92 bits per heavy atom. The molecule has 2 aromatic rings. The van der Waals surface area contributed by atoms with E-state index in [0.29, 0.717) is 11.3 Å². The molecule has 1 atom stereocenters. The predicted octanol–water partition coefficient (Wildman–Crippen LogP) is 5.28. The minimum Gasteiger partial charge on any atom is -0.295 e. The number of hydrogen-bond donors (Lipinski definition) is 0. The van der Waals surface area contributed by atoms with Crippen LogP contribution in [0, 0.1) is 5.82 Å². The second kappa shape index (κ2) is 6.29. The van der Waals surface area contributed by atoms with Crippen LogP contribution >= 0.6 is 23.4 Å². The van der Waals surface area contributed by atoms with E-state index in [-0.39, 0.29) is 16.7 Å². The summed E-state index contributed by atoms with van der Waals surface area (Å²) < 4.78 is 52.0. The third-order valence-electron chi connectivity index (χ3n) is 3.55. The van der Waals surface area contributed by atoms with Crippen LogP contribution in [0.3, 0.4) is 0 Å². The molecule has 0 bridgehead atoms. The van der Waals surface area contributed by atoms with Gasteiger partial charge in [-0.3, -0.25) is 9.69 Å². The molecule has 0 saturated carbocycles. The van der Waals surface area contributed by atoms with Crippen molar-refractivity contribution < 1.29 is 22.4 Å². The molecular weight excluding hydrogens is 366 g/mol. The summed E-state index contributed by atoms with van der Waals surface area (Å²) in [5.41, 5.74) is -0.0861. The predicted molar refractivity (Wildman–Crippen MR) is 85.5 cm³/mol. The van der Waals surface area contributed by atoms with E-state index in [4.69, 9.17) is 11.6 Å². The zero-order chi connectivity index (χ0) is 17.5. The van der Waals surface area contributed by atoms with Crippen LogP contribution < -0.4 is 4.90 Å². The zero-order valence-corrected chi connectivity index (χ0v) is 13.6. The van der Waals surface area contributed by atoms with E-state index in [1.165, 1.54) is 40.9 Å². The van der Waals surface area contributed by atoms with E-state index in [2.05, 4.69) is 0 Å². The summed E-state index contributed by atoms with van der Waals surface area (Å²) in [6.45, 7) is 0. The lowest BCUT2D eigenvalue weighted by Gasteiger charge is -2.25. The van der Waals surface area contributed by atoms with Crippen LogP contribution in [-0.4, -0.2) is 11.7 Å². The van der Waals surface area contributed by atoms with E-state index in [9.17, 15) is 22.4 Å². The van der Waals surface area contributed by atoms with Gasteiger partial charge in [0, 0.05) is 5.69 Å². The summed E-state index contributed by atoms with van der Waals surface area (Å²) in [7, 11) is 0.